The second-order valence-electron chi connectivity index (χ2n) is 11.2. The van der Waals surface area contributed by atoms with Crippen LogP contribution in [0, 0.1) is 3.57 Å². The maximum atomic E-state index is 12.0. The summed E-state index contributed by atoms with van der Waals surface area (Å²) >= 11 is 5.73. The molecular formula is C32H32BrIN6O6. The van der Waals surface area contributed by atoms with E-state index in [0.29, 0.717) is 51.2 Å². The smallest absolute Gasteiger partial charge is 0.415 e. The topological polar surface area (TPSA) is 113 Å². The number of rotatable bonds is 4. The van der Waals surface area contributed by atoms with Crippen molar-refractivity contribution in [1.82, 2.24) is 19.1 Å². The average molecular weight is 803 g/mol. The third kappa shape index (κ3) is 5.69. The standard InChI is InChI=1S/C16H16BrN3O3.C16H16IN3O3/c2*1-2-11-9-23-16(21)20(11)14-8-19-5-6-22-13-7-10(17)3-4-12(13)15(19)18-14/h2*3-4,7-8,11H,2,5-6,9H2,1H3/t2*11-/m11/s1. The van der Waals surface area contributed by atoms with Crippen molar-refractivity contribution in [3.05, 3.63) is 56.8 Å². The third-order valence-electron chi connectivity index (χ3n) is 8.43. The van der Waals surface area contributed by atoms with Gasteiger partial charge in [-0.3, -0.25) is 9.80 Å². The second-order valence-corrected chi connectivity index (χ2v) is 13.4. The van der Waals surface area contributed by atoms with Gasteiger partial charge in [0.2, 0.25) is 0 Å². The van der Waals surface area contributed by atoms with Crippen LogP contribution in [0.4, 0.5) is 21.2 Å². The first-order valence-corrected chi connectivity index (χ1v) is 17.1. The number of carbonyl (C=O) groups excluding carboxylic acids is 2. The lowest BCUT2D eigenvalue weighted by atomic mass is 10.2. The van der Waals surface area contributed by atoms with Crippen molar-refractivity contribution >= 4 is 62.3 Å². The maximum absolute atomic E-state index is 12.0. The molecule has 0 unspecified atom stereocenters. The van der Waals surface area contributed by atoms with Crippen molar-refractivity contribution in [2.45, 2.75) is 51.9 Å². The first-order valence-electron chi connectivity index (χ1n) is 15.3. The molecule has 2 amide bonds. The van der Waals surface area contributed by atoms with Crippen LogP contribution in [0.2, 0.25) is 0 Å². The summed E-state index contributed by atoms with van der Waals surface area (Å²) in [5.41, 5.74) is 1.88. The summed E-state index contributed by atoms with van der Waals surface area (Å²) in [5.74, 6) is 4.58. The summed E-state index contributed by atoms with van der Waals surface area (Å²) < 4.78 is 28.1. The Balaban J connectivity index is 0.000000147. The molecule has 4 aliphatic rings. The number of imidazole rings is 2. The molecule has 6 heterocycles. The molecule has 2 aromatic heterocycles. The summed E-state index contributed by atoms with van der Waals surface area (Å²) in [5, 5.41) is 0. The van der Waals surface area contributed by atoms with E-state index < -0.39 is 0 Å². The van der Waals surface area contributed by atoms with E-state index in [9.17, 15) is 9.59 Å². The molecule has 0 radical (unpaired) electrons. The van der Waals surface area contributed by atoms with Crippen LogP contribution in [0.15, 0.2) is 53.3 Å². The van der Waals surface area contributed by atoms with Crippen molar-refractivity contribution in [2.75, 3.05) is 36.2 Å². The highest BCUT2D eigenvalue weighted by Crippen LogP contribution is 2.37. The molecular weight excluding hydrogens is 771 g/mol. The highest BCUT2D eigenvalue weighted by atomic mass is 127. The van der Waals surface area contributed by atoms with Crippen LogP contribution in [0.3, 0.4) is 0 Å². The van der Waals surface area contributed by atoms with Crippen molar-refractivity contribution in [3.63, 3.8) is 0 Å². The number of aromatic nitrogens is 4. The van der Waals surface area contributed by atoms with E-state index in [1.165, 1.54) is 0 Å². The van der Waals surface area contributed by atoms with Crippen molar-refractivity contribution < 1.29 is 28.5 Å². The minimum absolute atomic E-state index is 0.0438. The fraction of sp³-hybridized carbons (Fsp3) is 0.375. The molecule has 2 saturated heterocycles. The maximum Gasteiger partial charge on any atom is 0.415 e. The molecule has 46 heavy (non-hydrogen) atoms. The Morgan fingerprint density at radius 1 is 0.761 bits per heavy atom. The molecule has 4 aliphatic heterocycles. The predicted molar refractivity (Wildman–Crippen MR) is 183 cm³/mol. The Morgan fingerprint density at radius 3 is 1.78 bits per heavy atom. The van der Waals surface area contributed by atoms with E-state index in [2.05, 4.69) is 38.5 Å². The quantitative estimate of drug-likeness (QED) is 0.209. The van der Waals surface area contributed by atoms with Crippen LogP contribution >= 0.6 is 38.5 Å². The number of hydrogen-bond acceptors (Lipinski definition) is 8. The zero-order chi connectivity index (χ0) is 31.9. The largest absolute Gasteiger partial charge is 0.491 e. The monoisotopic (exact) mass is 802 g/mol. The molecule has 0 saturated carbocycles. The number of carbonyl (C=O) groups is 2. The SMILES string of the molecule is CC[C@@H]1COC(=O)N1c1cn2c(n1)-c1ccc(Br)cc1OCC2.CC[C@@H]1COC(=O)N1c1cn2c(n1)-c1ccc(I)cc1OCC2. The van der Waals surface area contributed by atoms with Crippen molar-refractivity contribution in [3.8, 4) is 34.3 Å². The van der Waals surface area contributed by atoms with Crippen molar-refractivity contribution in [1.29, 1.82) is 0 Å². The number of amides is 2. The molecule has 12 nitrogen and oxygen atoms in total. The van der Waals surface area contributed by atoms with Gasteiger partial charge in [-0.25, -0.2) is 19.6 Å². The fourth-order valence-corrected chi connectivity index (χ4v) is 6.80. The molecule has 2 fully saturated rings. The summed E-state index contributed by atoms with van der Waals surface area (Å²) in [6, 6.07) is 12.0. The van der Waals surface area contributed by atoms with E-state index in [0.717, 1.165) is 55.2 Å². The van der Waals surface area contributed by atoms with Gasteiger partial charge < -0.3 is 28.1 Å². The van der Waals surface area contributed by atoms with Crippen LogP contribution in [0.1, 0.15) is 26.7 Å². The van der Waals surface area contributed by atoms with Gasteiger partial charge in [0.05, 0.1) is 36.3 Å². The van der Waals surface area contributed by atoms with E-state index in [1.807, 2.05) is 71.8 Å². The van der Waals surface area contributed by atoms with Crippen LogP contribution in [-0.2, 0) is 22.6 Å². The van der Waals surface area contributed by atoms with Crippen LogP contribution in [-0.4, -0.2) is 69.8 Å². The number of fused-ring (bicyclic) bond motifs is 6. The zero-order valence-corrected chi connectivity index (χ0v) is 29.1. The Bertz CT molecular complexity index is 1680. The number of halogens is 2. The Hall–Kier alpha value is -3.79. The number of ether oxygens (including phenoxy) is 4. The van der Waals surface area contributed by atoms with Gasteiger partial charge in [-0.15, -0.1) is 0 Å². The van der Waals surface area contributed by atoms with Gasteiger partial charge in [-0.1, -0.05) is 29.8 Å². The normalized spacial score (nSPS) is 19.7. The number of hydrogen-bond donors (Lipinski definition) is 0. The number of anilines is 2. The lowest BCUT2D eigenvalue weighted by Gasteiger charge is -2.17. The number of nitrogens with zero attached hydrogens (tertiary/aromatic N) is 6. The predicted octanol–water partition coefficient (Wildman–Crippen LogP) is 6.72. The van der Waals surface area contributed by atoms with E-state index >= 15 is 0 Å². The zero-order valence-electron chi connectivity index (χ0n) is 25.3. The number of benzene rings is 2. The molecule has 0 aliphatic carbocycles. The molecule has 4 aromatic rings. The van der Waals surface area contributed by atoms with Gasteiger partial charge in [-0.05, 0) is 71.8 Å². The Morgan fingerprint density at radius 2 is 1.26 bits per heavy atom. The number of cyclic esters (lactones) is 2. The van der Waals surface area contributed by atoms with Gasteiger partial charge in [0, 0.05) is 20.4 Å². The Labute approximate surface area is 287 Å². The van der Waals surface area contributed by atoms with Crippen LogP contribution < -0.4 is 19.3 Å². The molecule has 240 valence electrons. The minimum atomic E-state index is -0.322. The average Bonchev–Trinajstić information content (AvgIpc) is 3.79. The molecule has 2 aromatic carbocycles. The first-order chi connectivity index (χ1) is 22.3. The van der Waals surface area contributed by atoms with Gasteiger partial charge in [-0.2, -0.15) is 0 Å². The minimum Gasteiger partial charge on any atom is -0.491 e. The van der Waals surface area contributed by atoms with Gasteiger partial charge in [0.1, 0.15) is 49.6 Å². The molecule has 0 spiro atoms. The van der Waals surface area contributed by atoms with Gasteiger partial charge >= 0.3 is 12.2 Å². The molecule has 0 N–H and O–H groups in total. The highest BCUT2D eigenvalue weighted by molar-refractivity contribution is 14.1. The van der Waals surface area contributed by atoms with Gasteiger partial charge in [0.25, 0.3) is 0 Å². The summed E-state index contributed by atoms with van der Waals surface area (Å²) in [4.78, 5) is 36.8. The first kappa shape index (κ1) is 30.8. The Kier molecular flexibility index (Phi) is 8.57. The molecule has 14 heteroatoms. The summed E-state index contributed by atoms with van der Waals surface area (Å²) in [6.45, 7) is 7.47. The fourth-order valence-electron chi connectivity index (χ4n) is 6.00. The van der Waals surface area contributed by atoms with Crippen LogP contribution in [0.25, 0.3) is 22.8 Å². The van der Waals surface area contributed by atoms with Crippen LogP contribution in [0.5, 0.6) is 11.5 Å². The van der Waals surface area contributed by atoms with Crippen molar-refractivity contribution in [2.24, 2.45) is 0 Å². The van der Waals surface area contributed by atoms with E-state index in [4.69, 9.17) is 28.9 Å². The molecule has 0 bridgehead atoms. The lowest BCUT2D eigenvalue weighted by molar-refractivity contribution is 0.177. The lowest BCUT2D eigenvalue weighted by Crippen LogP contribution is -2.33. The van der Waals surface area contributed by atoms with Gasteiger partial charge in [0.15, 0.2) is 11.6 Å². The summed E-state index contributed by atoms with van der Waals surface area (Å²) in [7, 11) is 0. The van der Waals surface area contributed by atoms with E-state index in [-0.39, 0.29) is 24.3 Å². The highest BCUT2D eigenvalue weighted by Gasteiger charge is 2.37. The molecule has 8 rings (SSSR count). The van der Waals surface area contributed by atoms with E-state index in [1.54, 1.807) is 9.80 Å². The second kappa shape index (κ2) is 12.8. The summed E-state index contributed by atoms with van der Waals surface area (Å²) in [6.07, 6.45) is 4.86. The molecule has 2 atom stereocenters. The third-order valence-corrected chi connectivity index (χ3v) is 9.60.